The number of anilines is 1. The van der Waals surface area contributed by atoms with Gasteiger partial charge >= 0.3 is 6.36 Å². The van der Waals surface area contributed by atoms with E-state index < -0.39 is 30.9 Å². The molecule has 1 aliphatic rings. The van der Waals surface area contributed by atoms with Crippen LogP contribution in [-0.2, 0) is 10.5 Å². The molecule has 0 radical (unpaired) electrons. The molecule has 43 heavy (non-hydrogen) atoms. The Hall–Kier alpha value is -4.11. The number of alkyl halides is 3. The lowest BCUT2D eigenvalue weighted by Gasteiger charge is -2.17. The summed E-state index contributed by atoms with van der Waals surface area (Å²) >= 11 is 1.50. The molecule has 10 nitrogen and oxygen atoms in total. The van der Waals surface area contributed by atoms with Gasteiger partial charge in [-0.3, -0.25) is 0 Å². The zero-order valence-corrected chi connectivity index (χ0v) is 23.4. The maximum Gasteiger partial charge on any atom is 0.573 e. The maximum absolute atomic E-state index is 12.6. The number of aryl methyl sites for hydroxylation is 1. The van der Waals surface area contributed by atoms with E-state index in [4.69, 9.17) is 15.0 Å². The van der Waals surface area contributed by atoms with Crippen molar-refractivity contribution in [1.29, 1.82) is 0 Å². The van der Waals surface area contributed by atoms with Crippen molar-refractivity contribution in [2.24, 2.45) is 0 Å². The molecule has 4 heterocycles. The number of ether oxygens (including phenoxy) is 2. The van der Waals surface area contributed by atoms with Crippen LogP contribution in [0.2, 0.25) is 0 Å². The number of fused-ring (bicyclic) bond motifs is 1. The molecular formula is C29H26F3N5O5S. The number of aliphatic hydroxyl groups is 2. The molecule has 0 aliphatic carbocycles. The lowest BCUT2D eigenvalue weighted by atomic mass is 10.1. The van der Waals surface area contributed by atoms with E-state index in [1.807, 2.05) is 37.3 Å². The third-order valence-electron chi connectivity index (χ3n) is 7.20. The highest BCUT2D eigenvalue weighted by molar-refractivity contribution is 7.98. The van der Waals surface area contributed by atoms with Crippen molar-refractivity contribution >= 4 is 28.6 Å². The third-order valence-corrected chi connectivity index (χ3v) is 8.26. The van der Waals surface area contributed by atoms with Crippen LogP contribution >= 0.6 is 11.8 Å². The van der Waals surface area contributed by atoms with Crippen molar-refractivity contribution in [2.45, 2.75) is 43.6 Å². The Kier molecular flexibility index (Phi) is 7.77. The Morgan fingerprint density at radius 3 is 2.49 bits per heavy atom. The Morgan fingerprint density at radius 2 is 1.77 bits per heavy atom. The molecule has 5 aromatic rings. The molecule has 0 bridgehead atoms. The Labute approximate surface area is 247 Å². The summed E-state index contributed by atoms with van der Waals surface area (Å²) in [5.74, 6) is 1.34. The monoisotopic (exact) mass is 613 g/mol. The predicted molar refractivity (Wildman–Crippen MR) is 153 cm³/mol. The number of halogens is 3. The minimum Gasteiger partial charge on any atom is -0.406 e. The van der Waals surface area contributed by atoms with Crippen molar-refractivity contribution < 1.29 is 37.4 Å². The van der Waals surface area contributed by atoms with Gasteiger partial charge in [0.1, 0.15) is 35.7 Å². The second-order valence-corrected chi connectivity index (χ2v) is 11.0. The Bertz CT molecular complexity index is 1730. The van der Waals surface area contributed by atoms with Gasteiger partial charge in [-0.2, -0.15) is 11.8 Å². The van der Waals surface area contributed by atoms with Gasteiger partial charge in [0.05, 0.1) is 17.2 Å². The predicted octanol–water partition coefficient (Wildman–Crippen LogP) is 5.10. The first-order chi connectivity index (χ1) is 20.6. The van der Waals surface area contributed by atoms with Crippen molar-refractivity contribution in [3.05, 3.63) is 78.4 Å². The van der Waals surface area contributed by atoms with Crippen LogP contribution in [0.25, 0.3) is 33.5 Å². The zero-order chi connectivity index (χ0) is 30.3. The van der Waals surface area contributed by atoms with Crippen molar-refractivity contribution in [1.82, 2.24) is 19.7 Å². The van der Waals surface area contributed by atoms with E-state index >= 15 is 0 Å². The normalized spacial score (nSPS) is 20.6. The minimum absolute atomic E-state index is 0.132. The van der Waals surface area contributed by atoms with Crippen LogP contribution < -0.4 is 10.5 Å². The van der Waals surface area contributed by atoms with Gasteiger partial charge in [-0.1, -0.05) is 47.6 Å². The van der Waals surface area contributed by atoms with Crippen LogP contribution in [-0.4, -0.2) is 60.3 Å². The number of hydrogen-bond donors (Lipinski definition) is 3. The van der Waals surface area contributed by atoms with Crippen molar-refractivity contribution in [2.75, 3.05) is 11.5 Å². The molecule has 2 aromatic carbocycles. The summed E-state index contributed by atoms with van der Waals surface area (Å²) < 4.78 is 55.2. The number of nitrogen functional groups attached to an aromatic ring is 1. The largest absolute Gasteiger partial charge is 0.573 e. The van der Waals surface area contributed by atoms with Crippen LogP contribution in [0, 0.1) is 6.92 Å². The van der Waals surface area contributed by atoms with Crippen LogP contribution in [0.5, 0.6) is 5.75 Å². The number of nitrogens with two attached hydrogens (primary N) is 1. The first-order valence-electron chi connectivity index (χ1n) is 13.2. The average Bonchev–Trinajstić information content (AvgIpc) is 3.63. The van der Waals surface area contributed by atoms with Crippen LogP contribution in [0.3, 0.4) is 0 Å². The fourth-order valence-electron chi connectivity index (χ4n) is 5.11. The number of nitrogens with zero attached hydrogens (tertiary/aromatic N) is 4. The summed E-state index contributed by atoms with van der Waals surface area (Å²) in [7, 11) is 0. The van der Waals surface area contributed by atoms with E-state index in [2.05, 4.69) is 19.9 Å². The molecule has 0 saturated carbocycles. The summed E-state index contributed by atoms with van der Waals surface area (Å²) in [5, 5.41) is 26.5. The topological polar surface area (TPSA) is 142 Å². The van der Waals surface area contributed by atoms with E-state index in [0.29, 0.717) is 39.4 Å². The van der Waals surface area contributed by atoms with Crippen LogP contribution in [0.4, 0.5) is 19.0 Å². The second kappa shape index (κ2) is 11.5. The highest BCUT2D eigenvalue weighted by Gasteiger charge is 2.44. The summed E-state index contributed by atoms with van der Waals surface area (Å²) in [5.41, 5.74) is 10.1. The molecule has 224 valence electrons. The smallest absolute Gasteiger partial charge is 0.406 e. The third kappa shape index (κ3) is 5.78. The fourth-order valence-corrected chi connectivity index (χ4v) is 6.28. The molecule has 0 amide bonds. The molecule has 4 atom stereocenters. The molecular weight excluding hydrogens is 587 g/mol. The number of rotatable bonds is 8. The average molecular weight is 614 g/mol. The molecule has 1 fully saturated rings. The molecule has 4 N–H and O–H groups in total. The van der Waals surface area contributed by atoms with Gasteiger partial charge in [0, 0.05) is 34.4 Å². The molecule has 1 aliphatic heterocycles. The van der Waals surface area contributed by atoms with Gasteiger partial charge in [-0.05, 0) is 24.6 Å². The SMILES string of the molecule is Cc1noc(-c2ccccc2)c1CSC[C@H]1O[C@@H](n2cc(-c3ccc(OC(F)(F)F)cc3)c3c(N)ncnc32)[C@H](O)[C@@H]1O. The number of benzene rings is 2. The fraction of sp³-hybridized carbons (Fsp3) is 0.276. The molecule has 0 unspecified atom stereocenters. The summed E-state index contributed by atoms with van der Waals surface area (Å²) in [4.78, 5) is 8.39. The molecule has 0 spiro atoms. The van der Waals surface area contributed by atoms with E-state index in [1.165, 1.54) is 42.4 Å². The van der Waals surface area contributed by atoms with E-state index in [-0.39, 0.29) is 11.6 Å². The number of aliphatic hydroxyl groups excluding tert-OH is 2. The van der Waals surface area contributed by atoms with Gasteiger partial charge in [0.2, 0.25) is 0 Å². The van der Waals surface area contributed by atoms with E-state index in [9.17, 15) is 23.4 Å². The van der Waals surface area contributed by atoms with E-state index in [1.54, 1.807) is 10.8 Å². The lowest BCUT2D eigenvalue weighted by molar-refractivity contribution is -0.274. The van der Waals surface area contributed by atoms with Gasteiger partial charge in [-0.15, -0.1) is 13.2 Å². The molecule has 14 heteroatoms. The minimum atomic E-state index is -4.82. The standard InChI is InChI=1S/C29H26F3N5O5S/c1-15-20(25(42-36-15)17-5-3-2-4-6-17)12-43-13-21-23(38)24(39)28(40-21)37-11-19(22-26(33)34-14-35-27(22)37)16-7-9-18(10-8-16)41-29(30,31)32/h2-11,14,21,23-24,28,38-39H,12-13H2,1H3,(H2,33,34,35)/t21-,23-,24-,28-/m1/s1. The first-order valence-corrected chi connectivity index (χ1v) is 14.3. The first kappa shape index (κ1) is 29.0. The molecule has 1 saturated heterocycles. The summed E-state index contributed by atoms with van der Waals surface area (Å²) in [6, 6.07) is 14.9. The van der Waals surface area contributed by atoms with Crippen LogP contribution in [0.1, 0.15) is 17.5 Å². The number of aromatic nitrogens is 4. The maximum atomic E-state index is 12.6. The summed E-state index contributed by atoms with van der Waals surface area (Å²) in [6.45, 7) is 1.87. The van der Waals surface area contributed by atoms with Crippen molar-refractivity contribution in [3.63, 3.8) is 0 Å². The van der Waals surface area contributed by atoms with Gasteiger partial charge in [0.15, 0.2) is 12.0 Å². The van der Waals surface area contributed by atoms with Gasteiger partial charge < -0.3 is 34.5 Å². The summed E-state index contributed by atoms with van der Waals surface area (Å²) in [6.07, 6.45) is -6.17. The van der Waals surface area contributed by atoms with Crippen molar-refractivity contribution in [3.8, 4) is 28.2 Å². The second-order valence-electron chi connectivity index (χ2n) is 9.98. The quantitative estimate of drug-likeness (QED) is 0.217. The number of hydrogen-bond acceptors (Lipinski definition) is 10. The Morgan fingerprint density at radius 1 is 1.02 bits per heavy atom. The highest BCUT2D eigenvalue weighted by atomic mass is 32.2. The van der Waals surface area contributed by atoms with Gasteiger partial charge in [-0.25, -0.2) is 9.97 Å². The number of thioether (sulfide) groups is 1. The molecule has 6 rings (SSSR count). The van der Waals surface area contributed by atoms with Gasteiger partial charge in [0.25, 0.3) is 0 Å². The van der Waals surface area contributed by atoms with E-state index in [0.717, 1.165) is 16.8 Å². The zero-order valence-electron chi connectivity index (χ0n) is 22.6. The lowest BCUT2D eigenvalue weighted by Crippen LogP contribution is -2.32. The highest BCUT2D eigenvalue weighted by Crippen LogP contribution is 2.40. The Balaban J connectivity index is 1.22. The van der Waals surface area contributed by atoms with Crippen LogP contribution in [0.15, 0.2) is 71.6 Å². The molecule has 3 aromatic heterocycles.